The van der Waals surface area contributed by atoms with Crippen molar-refractivity contribution in [1.29, 1.82) is 0 Å². The summed E-state index contributed by atoms with van der Waals surface area (Å²) in [6.45, 7) is 0.820. The lowest BCUT2D eigenvalue weighted by atomic mass is 10.1. The average molecular weight is 276 g/mol. The van der Waals surface area contributed by atoms with Crippen LogP contribution in [0.5, 0.6) is 0 Å². The summed E-state index contributed by atoms with van der Waals surface area (Å²) in [5.74, 6) is 0. The molecule has 1 aliphatic rings. The Morgan fingerprint density at radius 2 is 2.16 bits per heavy atom. The molecular weight excluding hydrogens is 265 g/mol. The minimum Gasteiger partial charge on any atom is -0.379 e. The van der Waals surface area contributed by atoms with Crippen molar-refractivity contribution in [2.45, 2.75) is 18.6 Å². The van der Waals surface area contributed by atoms with Crippen LogP contribution in [0, 0.1) is 10.1 Å². The van der Waals surface area contributed by atoms with E-state index in [4.69, 9.17) is 4.74 Å². The number of nitro benzene ring substituents is 1. The van der Waals surface area contributed by atoms with Gasteiger partial charge in [-0.1, -0.05) is 0 Å². The van der Waals surface area contributed by atoms with Crippen molar-refractivity contribution in [3.05, 3.63) is 33.9 Å². The number of halogens is 3. The average Bonchev–Trinajstić information content (AvgIpc) is 2.80. The van der Waals surface area contributed by atoms with Gasteiger partial charge in [0.15, 0.2) is 0 Å². The van der Waals surface area contributed by atoms with Crippen LogP contribution in [0.25, 0.3) is 0 Å². The van der Waals surface area contributed by atoms with Crippen molar-refractivity contribution in [3.63, 3.8) is 0 Å². The predicted molar refractivity (Wildman–Crippen MR) is 60.9 cm³/mol. The summed E-state index contributed by atoms with van der Waals surface area (Å²) < 4.78 is 43.7. The minimum absolute atomic E-state index is 0.159. The largest absolute Gasteiger partial charge is 0.418 e. The van der Waals surface area contributed by atoms with Gasteiger partial charge in [-0.2, -0.15) is 13.2 Å². The van der Waals surface area contributed by atoms with Crippen molar-refractivity contribution < 1.29 is 22.8 Å². The highest BCUT2D eigenvalue weighted by molar-refractivity contribution is 5.58. The molecule has 0 saturated carbocycles. The molecule has 0 radical (unpaired) electrons. The normalized spacial score (nSPS) is 19.4. The highest BCUT2D eigenvalue weighted by Gasteiger charge is 2.35. The van der Waals surface area contributed by atoms with Crippen molar-refractivity contribution in [1.82, 2.24) is 0 Å². The molecule has 2 rings (SSSR count). The molecule has 0 amide bonds. The lowest BCUT2D eigenvalue weighted by molar-refractivity contribution is -0.385. The Morgan fingerprint density at radius 1 is 1.42 bits per heavy atom. The third kappa shape index (κ3) is 3.14. The van der Waals surface area contributed by atoms with Gasteiger partial charge in [0.1, 0.15) is 0 Å². The second kappa shape index (κ2) is 5.04. The number of non-ortho nitro benzene ring substituents is 1. The van der Waals surface area contributed by atoms with E-state index in [0.717, 1.165) is 12.1 Å². The fourth-order valence-corrected chi connectivity index (χ4v) is 1.87. The number of hydrogen-bond donors (Lipinski definition) is 1. The Kier molecular flexibility index (Phi) is 3.61. The molecule has 5 nitrogen and oxygen atoms in total. The molecule has 1 aliphatic heterocycles. The maximum atomic E-state index is 12.9. The fraction of sp³-hybridized carbons (Fsp3) is 0.455. The van der Waals surface area contributed by atoms with E-state index >= 15 is 0 Å². The first-order valence-corrected chi connectivity index (χ1v) is 5.58. The van der Waals surface area contributed by atoms with Gasteiger partial charge < -0.3 is 10.1 Å². The van der Waals surface area contributed by atoms with E-state index in [0.29, 0.717) is 25.7 Å². The van der Waals surface area contributed by atoms with Crippen LogP contribution in [0.4, 0.5) is 24.5 Å². The molecule has 0 aromatic heterocycles. The number of nitrogens with one attached hydrogen (secondary N) is 1. The number of nitrogens with zero attached hydrogens (tertiary/aromatic N) is 1. The van der Waals surface area contributed by atoms with Crippen molar-refractivity contribution >= 4 is 11.4 Å². The number of benzene rings is 1. The Labute approximate surface area is 106 Å². The molecule has 1 atom stereocenters. The molecular formula is C11H11F3N2O3. The molecule has 0 bridgehead atoms. The summed E-state index contributed by atoms with van der Waals surface area (Å²) in [5, 5.41) is 13.2. The first-order valence-electron chi connectivity index (χ1n) is 5.58. The van der Waals surface area contributed by atoms with Gasteiger partial charge in [0.2, 0.25) is 0 Å². The predicted octanol–water partition coefficient (Wildman–Crippen LogP) is 2.81. The smallest absolute Gasteiger partial charge is 0.379 e. The second-order valence-corrected chi connectivity index (χ2v) is 4.19. The number of ether oxygens (including phenoxy) is 1. The van der Waals surface area contributed by atoms with Gasteiger partial charge >= 0.3 is 6.18 Å². The van der Waals surface area contributed by atoms with Gasteiger partial charge in [-0.3, -0.25) is 10.1 Å². The molecule has 1 heterocycles. The van der Waals surface area contributed by atoms with Gasteiger partial charge in [0.05, 0.1) is 23.1 Å². The van der Waals surface area contributed by atoms with Crippen LogP contribution in [0.15, 0.2) is 18.2 Å². The summed E-state index contributed by atoms with van der Waals surface area (Å²) in [6.07, 6.45) is -4.04. The molecule has 0 spiro atoms. The Balaban J connectivity index is 2.33. The summed E-state index contributed by atoms with van der Waals surface area (Å²) in [4.78, 5) is 9.68. The molecule has 1 N–H and O–H groups in total. The van der Waals surface area contributed by atoms with E-state index in [1.165, 1.54) is 0 Å². The zero-order valence-electron chi connectivity index (χ0n) is 9.74. The lowest BCUT2D eigenvalue weighted by Gasteiger charge is -2.17. The first kappa shape index (κ1) is 13.6. The van der Waals surface area contributed by atoms with E-state index in [1.807, 2.05) is 0 Å². The number of alkyl halides is 3. The Morgan fingerprint density at radius 3 is 2.68 bits per heavy atom. The van der Waals surface area contributed by atoms with Gasteiger partial charge in [-0.15, -0.1) is 0 Å². The van der Waals surface area contributed by atoms with Gasteiger partial charge in [0, 0.05) is 24.4 Å². The molecule has 1 saturated heterocycles. The van der Waals surface area contributed by atoms with Crippen LogP contribution >= 0.6 is 0 Å². The van der Waals surface area contributed by atoms with E-state index in [9.17, 15) is 23.3 Å². The molecule has 1 unspecified atom stereocenters. The number of hydrogen-bond acceptors (Lipinski definition) is 4. The zero-order chi connectivity index (χ0) is 14.0. The Bertz CT molecular complexity index is 485. The number of rotatable bonds is 3. The van der Waals surface area contributed by atoms with Crippen LogP contribution in [-0.4, -0.2) is 24.2 Å². The maximum absolute atomic E-state index is 12.9. The highest BCUT2D eigenvalue weighted by Crippen LogP contribution is 2.37. The monoisotopic (exact) mass is 276 g/mol. The van der Waals surface area contributed by atoms with Gasteiger partial charge in [-0.05, 0) is 12.5 Å². The molecule has 0 aliphatic carbocycles. The fourth-order valence-electron chi connectivity index (χ4n) is 1.87. The van der Waals surface area contributed by atoms with E-state index in [-0.39, 0.29) is 11.7 Å². The topological polar surface area (TPSA) is 64.4 Å². The standard InChI is InChI=1S/C11H11F3N2O3/c12-11(13,14)9-5-8(16(17)18)1-2-10(9)15-7-3-4-19-6-7/h1-2,5,7,15H,3-4,6H2. The van der Waals surface area contributed by atoms with Gasteiger partial charge in [0.25, 0.3) is 5.69 Å². The van der Waals surface area contributed by atoms with Crippen LogP contribution < -0.4 is 5.32 Å². The third-order valence-corrected chi connectivity index (χ3v) is 2.81. The summed E-state index contributed by atoms with van der Waals surface area (Å²) in [5.41, 5.74) is -1.78. The lowest BCUT2D eigenvalue weighted by Crippen LogP contribution is -2.21. The van der Waals surface area contributed by atoms with Gasteiger partial charge in [-0.25, -0.2) is 0 Å². The number of nitro groups is 1. The summed E-state index contributed by atoms with van der Waals surface area (Å²) in [6, 6.07) is 2.47. The molecule has 1 aromatic rings. The second-order valence-electron chi connectivity index (χ2n) is 4.19. The molecule has 8 heteroatoms. The van der Waals surface area contributed by atoms with Crippen molar-refractivity contribution in [3.8, 4) is 0 Å². The minimum atomic E-state index is -4.65. The van der Waals surface area contributed by atoms with Crippen LogP contribution in [0.2, 0.25) is 0 Å². The third-order valence-electron chi connectivity index (χ3n) is 2.81. The van der Waals surface area contributed by atoms with Crippen LogP contribution in [-0.2, 0) is 10.9 Å². The van der Waals surface area contributed by atoms with Crippen LogP contribution in [0.1, 0.15) is 12.0 Å². The summed E-state index contributed by atoms with van der Waals surface area (Å²) in [7, 11) is 0. The SMILES string of the molecule is O=[N+]([O-])c1ccc(NC2CCOC2)c(C(F)(F)F)c1. The molecule has 104 valence electrons. The summed E-state index contributed by atoms with van der Waals surface area (Å²) >= 11 is 0. The quantitative estimate of drug-likeness (QED) is 0.681. The number of anilines is 1. The van der Waals surface area contributed by atoms with Crippen molar-refractivity contribution in [2.24, 2.45) is 0 Å². The maximum Gasteiger partial charge on any atom is 0.418 e. The zero-order valence-corrected chi connectivity index (χ0v) is 9.74. The van der Waals surface area contributed by atoms with E-state index in [2.05, 4.69) is 5.32 Å². The Hall–Kier alpha value is -1.83. The highest BCUT2D eigenvalue weighted by atomic mass is 19.4. The van der Waals surface area contributed by atoms with E-state index in [1.54, 1.807) is 0 Å². The molecule has 19 heavy (non-hydrogen) atoms. The first-order chi connectivity index (χ1) is 8.88. The molecule has 1 fully saturated rings. The van der Waals surface area contributed by atoms with Crippen LogP contribution in [0.3, 0.4) is 0 Å². The van der Waals surface area contributed by atoms with Crippen molar-refractivity contribution in [2.75, 3.05) is 18.5 Å². The van der Waals surface area contributed by atoms with E-state index < -0.39 is 22.4 Å². The molecule has 1 aromatic carbocycles.